The molecule has 0 bridgehead atoms. The van der Waals surface area contributed by atoms with Crippen molar-refractivity contribution in [2.24, 2.45) is 0 Å². The summed E-state index contributed by atoms with van der Waals surface area (Å²) in [5.74, 6) is -13.8. The third kappa shape index (κ3) is 13.5. The second-order valence-electron chi connectivity index (χ2n) is 15.5. The minimum Gasteiger partial charge on any atom is -0.456 e. The highest BCUT2D eigenvalue weighted by Gasteiger charge is 2.70. The van der Waals surface area contributed by atoms with Crippen LogP contribution in [-0.2, 0) is 42.8 Å². The van der Waals surface area contributed by atoms with E-state index in [1.807, 2.05) is 0 Å². The monoisotopic (exact) mass is 886 g/mol. The van der Waals surface area contributed by atoms with E-state index in [0.717, 1.165) is 6.92 Å². The molecular weight excluding hydrogens is 840 g/mol. The summed E-state index contributed by atoms with van der Waals surface area (Å²) in [5, 5.41) is 28.5. The Morgan fingerprint density at radius 2 is 0.847 bits per heavy atom. The Labute approximate surface area is 330 Å². The maximum Gasteiger partial charge on any atom is 0.443 e. The van der Waals surface area contributed by atoms with Crippen LogP contribution in [0.3, 0.4) is 0 Å². The van der Waals surface area contributed by atoms with Crippen molar-refractivity contribution in [3.63, 3.8) is 0 Å². The van der Waals surface area contributed by atoms with Gasteiger partial charge in [-0.3, -0.25) is 0 Å². The third-order valence-electron chi connectivity index (χ3n) is 8.67. The van der Waals surface area contributed by atoms with E-state index in [1.54, 1.807) is 0 Å². The fourth-order valence-corrected chi connectivity index (χ4v) is 5.95. The number of ether oxygens (including phenoxy) is 6. The van der Waals surface area contributed by atoms with Crippen LogP contribution in [0.2, 0.25) is 0 Å². The number of halogens is 12. The summed E-state index contributed by atoms with van der Waals surface area (Å²) in [7, 11) is 0. The first-order valence-electron chi connectivity index (χ1n) is 17.0. The normalized spacial score (nSPS) is 32.4. The van der Waals surface area contributed by atoms with E-state index < -0.39 is 120 Å². The average molecular weight is 887 g/mol. The summed E-state index contributed by atoms with van der Waals surface area (Å²) in [6.45, 7) is 17.6. The van der Waals surface area contributed by atoms with Gasteiger partial charge in [-0.25, -0.2) is 14.4 Å². The van der Waals surface area contributed by atoms with Gasteiger partial charge in [0.1, 0.15) is 11.2 Å². The van der Waals surface area contributed by atoms with Crippen molar-refractivity contribution in [1.82, 2.24) is 0 Å². The summed E-state index contributed by atoms with van der Waals surface area (Å²) in [5.41, 5.74) is -7.98. The Morgan fingerprint density at radius 3 is 1.22 bits per heavy atom. The van der Waals surface area contributed by atoms with E-state index in [9.17, 15) is 82.4 Å². The molecule has 0 amide bonds. The second-order valence-corrected chi connectivity index (χ2v) is 15.5. The molecule has 3 heterocycles. The lowest BCUT2D eigenvalue weighted by molar-refractivity contribution is -0.419. The molecule has 0 aromatic heterocycles. The molecular formula is C35H46F12O12. The highest BCUT2D eigenvalue weighted by atomic mass is 19.4. The number of carbonyl (C=O) groups excluding carboxylic acids is 3. The van der Waals surface area contributed by atoms with Gasteiger partial charge in [0.05, 0.1) is 38.1 Å². The number of aliphatic hydroxyl groups is 3. The quantitative estimate of drug-likeness (QED) is 0.107. The van der Waals surface area contributed by atoms with Crippen LogP contribution in [-0.4, -0.2) is 111 Å². The van der Waals surface area contributed by atoms with Crippen LogP contribution >= 0.6 is 0 Å². The zero-order valence-corrected chi connectivity index (χ0v) is 32.8. The van der Waals surface area contributed by atoms with Crippen LogP contribution in [0.15, 0.2) is 36.5 Å². The molecule has 3 aliphatic rings. The molecule has 0 aliphatic carbocycles. The molecule has 3 rings (SSSR count). The van der Waals surface area contributed by atoms with Gasteiger partial charge in [0.25, 0.3) is 17.4 Å². The number of carbonyl (C=O) groups is 3. The molecule has 0 spiro atoms. The first-order valence-corrected chi connectivity index (χ1v) is 17.0. The smallest absolute Gasteiger partial charge is 0.443 e. The Kier molecular flexibility index (Phi) is 15.9. The molecule has 12 nitrogen and oxygen atoms in total. The molecule has 0 radical (unpaired) electrons. The van der Waals surface area contributed by atoms with Crippen molar-refractivity contribution in [2.45, 2.75) is 151 Å². The summed E-state index contributed by atoms with van der Waals surface area (Å²) in [6.07, 6.45) is -25.4. The average Bonchev–Trinajstić information content (AvgIpc) is 2.97. The molecule has 3 N–H and O–H groups in total. The van der Waals surface area contributed by atoms with Gasteiger partial charge < -0.3 is 43.7 Å². The molecule has 3 aliphatic heterocycles. The van der Waals surface area contributed by atoms with Crippen molar-refractivity contribution in [1.29, 1.82) is 0 Å². The van der Waals surface area contributed by atoms with E-state index in [0.29, 0.717) is 0 Å². The van der Waals surface area contributed by atoms with Gasteiger partial charge in [0.15, 0.2) is 0 Å². The zero-order chi connectivity index (χ0) is 46.9. The van der Waals surface area contributed by atoms with Crippen LogP contribution in [0.4, 0.5) is 52.7 Å². The third-order valence-corrected chi connectivity index (χ3v) is 8.67. The van der Waals surface area contributed by atoms with E-state index in [4.69, 9.17) is 14.2 Å². The van der Waals surface area contributed by atoms with Crippen LogP contribution in [0, 0.1) is 0 Å². The largest absolute Gasteiger partial charge is 0.456 e. The number of hydrogen-bond donors (Lipinski definition) is 3. The maximum absolute atomic E-state index is 13.1. The lowest BCUT2D eigenvalue weighted by atomic mass is 9.81. The Bertz CT molecular complexity index is 1610. The topological polar surface area (TPSA) is 167 Å². The van der Waals surface area contributed by atoms with E-state index in [-0.39, 0.29) is 30.6 Å². The highest BCUT2D eigenvalue weighted by Crippen LogP contribution is 2.51. The van der Waals surface area contributed by atoms with Gasteiger partial charge >= 0.3 is 42.6 Å². The molecule has 342 valence electrons. The van der Waals surface area contributed by atoms with Crippen molar-refractivity contribution >= 4 is 17.9 Å². The van der Waals surface area contributed by atoms with Gasteiger partial charge in [-0.05, 0) is 48.5 Å². The van der Waals surface area contributed by atoms with E-state index in [2.05, 4.69) is 33.9 Å². The first-order chi connectivity index (χ1) is 25.9. The lowest BCUT2D eigenvalue weighted by Crippen LogP contribution is -2.63. The van der Waals surface area contributed by atoms with Gasteiger partial charge in [-0.2, -0.15) is 52.7 Å². The van der Waals surface area contributed by atoms with E-state index in [1.165, 1.54) is 41.5 Å². The molecule has 24 heteroatoms. The summed E-state index contributed by atoms with van der Waals surface area (Å²) < 4.78 is 182. The molecule has 3 saturated heterocycles. The van der Waals surface area contributed by atoms with Gasteiger partial charge in [-0.15, -0.1) is 0 Å². The van der Waals surface area contributed by atoms with Gasteiger partial charge in [0.2, 0.25) is 5.60 Å². The Hall–Kier alpha value is -3.45. The number of hydrogen-bond acceptors (Lipinski definition) is 12. The minimum atomic E-state index is -5.47. The minimum absolute atomic E-state index is 0.0252. The first kappa shape index (κ1) is 53.6. The second kappa shape index (κ2) is 17.5. The van der Waals surface area contributed by atoms with Crippen molar-refractivity contribution < 1.29 is 111 Å². The molecule has 6 unspecified atom stereocenters. The van der Waals surface area contributed by atoms with Crippen molar-refractivity contribution in [3.05, 3.63) is 36.5 Å². The molecule has 0 aromatic carbocycles. The van der Waals surface area contributed by atoms with Crippen molar-refractivity contribution in [3.8, 4) is 0 Å². The van der Waals surface area contributed by atoms with Crippen LogP contribution in [0.5, 0.6) is 0 Å². The number of alkyl halides is 12. The van der Waals surface area contributed by atoms with E-state index >= 15 is 0 Å². The Morgan fingerprint density at radius 1 is 0.508 bits per heavy atom. The molecule has 0 aromatic rings. The van der Waals surface area contributed by atoms with Gasteiger partial charge in [0, 0.05) is 36.0 Å². The number of rotatable bonds is 6. The standard InChI is InChI=1S/C13H19F3O4.C11H12F6O4.C11H15F3O4/c1-8(2)9(17)19-11(5)6-10(3,4)20-12(18,7-11)13(14,15)16;1-6(2)7(18)21-8(10(12,13)14)3-4-20-9(19,5-8)11(15,16)17;1-7(2)8(15)18-9(3)4-5-17-10(16,6-9)11(12,13)14/h18H,1,6-7H2,2-5H3;19H,1,3-5H2,2H3;16H,1,4-6H2,2-3H3. The fourth-order valence-electron chi connectivity index (χ4n) is 5.95. The summed E-state index contributed by atoms with van der Waals surface area (Å²) in [6, 6.07) is 0. The molecule has 59 heavy (non-hydrogen) atoms. The lowest BCUT2D eigenvalue weighted by Gasteiger charge is -2.49. The van der Waals surface area contributed by atoms with Crippen LogP contribution < -0.4 is 0 Å². The zero-order valence-electron chi connectivity index (χ0n) is 32.8. The van der Waals surface area contributed by atoms with Crippen molar-refractivity contribution in [2.75, 3.05) is 13.2 Å². The van der Waals surface area contributed by atoms with Crippen LogP contribution in [0.1, 0.15) is 87.0 Å². The SMILES string of the molecule is C=C(C)C(=O)OC1(C(F)(F)F)CCOC(O)(C(F)(F)F)C1.C=C(C)C(=O)OC1(C)CC(C)(C)OC(O)(C(F)(F)F)C1.C=C(C)C(=O)OC1(C)CCOC(O)(C(F)(F)F)C1. The summed E-state index contributed by atoms with van der Waals surface area (Å²) in [4.78, 5) is 34.2. The number of esters is 3. The molecule has 6 atom stereocenters. The predicted octanol–water partition coefficient (Wildman–Crippen LogP) is 7.10. The predicted molar refractivity (Wildman–Crippen MR) is 176 cm³/mol. The van der Waals surface area contributed by atoms with Crippen LogP contribution in [0.25, 0.3) is 0 Å². The van der Waals surface area contributed by atoms with Gasteiger partial charge in [-0.1, -0.05) is 19.7 Å². The Balaban J connectivity index is 0.000000444. The molecule has 0 saturated carbocycles. The highest BCUT2D eigenvalue weighted by molar-refractivity contribution is 5.88. The summed E-state index contributed by atoms with van der Waals surface area (Å²) >= 11 is 0. The maximum atomic E-state index is 13.1. The molecule has 3 fully saturated rings. The fraction of sp³-hybridized carbons (Fsp3) is 0.743.